The summed E-state index contributed by atoms with van der Waals surface area (Å²) in [5.74, 6) is 0.790. The van der Waals surface area contributed by atoms with Crippen LogP contribution < -0.4 is 10.6 Å². The molecule has 0 amide bonds. The number of hydrogen-bond donors (Lipinski definition) is 1. The summed E-state index contributed by atoms with van der Waals surface area (Å²) in [6.45, 7) is 10.4. The molecule has 0 aliphatic carbocycles. The largest absolute Gasteiger partial charge is 0.388 e. The van der Waals surface area contributed by atoms with Gasteiger partial charge in [-0.15, -0.1) is 16.9 Å². The van der Waals surface area contributed by atoms with E-state index in [1.54, 1.807) is 34.6 Å². The molecule has 2 N–H and O–H groups in total. The van der Waals surface area contributed by atoms with E-state index in [9.17, 15) is 4.39 Å². The highest BCUT2D eigenvalue weighted by Gasteiger charge is 2.15. The fourth-order valence-corrected chi connectivity index (χ4v) is 3.26. The molecule has 8 heteroatoms. The van der Waals surface area contributed by atoms with Gasteiger partial charge in [-0.25, -0.2) is 13.9 Å². The van der Waals surface area contributed by atoms with Crippen molar-refractivity contribution >= 4 is 40.4 Å². The number of rotatable bonds is 3. The van der Waals surface area contributed by atoms with E-state index < -0.39 is 0 Å². The maximum absolute atomic E-state index is 12.2. The maximum Gasteiger partial charge on any atom is 0.154 e. The quantitative estimate of drug-likeness (QED) is 0.382. The minimum Gasteiger partial charge on any atom is -0.388 e. The van der Waals surface area contributed by atoms with E-state index in [2.05, 4.69) is 28.8 Å². The van der Waals surface area contributed by atoms with Gasteiger partial charge >= 0.3 is 0 Å². The topological polar surface area (TPSA) is 59.5 Å². The number of fused-ring (bicyclic) bond motifs is 1. The van der Waals surface area contributed by atoms with Crippen molar-refractivity contribution in [2.45, 2.75) is 51.9 Å². The molecule has 0 bridgehead atoms. The molecule has 0 atom stereocenters. The molecule has 0 radical (unpaired) electrons. The number of halogens is 1. The highest BCUT2D eigenvalue weighted by Crippen LogP contribution is 2.18. The third-order valence-electron chi connectivity index (χ3n) is 4.08. The number of benzene rings is 1. The first-order chi connectivity index (χ1) is 15.0. The van der Waals surface area contributed by atoms with Crippen molar-refractivity contribution in [2.24, 2.45) is 5.73 Å². The molecule has 1 aliphatic rings. The van der Waals surface area contributed by atoms with Gasteiger partial charge in [-0.05, 0) is 55.5 Å². The highest BCUT2D eigenvalue weighted by atomic mass is 32.2. The van der Waals surface area contributed by atoms with Crippen molar-refractivity contribution in [2.75, 3.05) is 24.2 Å². The number of imidazole rings is 1. The Morgan fingerprint density at radius 3 is 2.19 bits per heavy atom. The normalized spacial score (nSPS) is 12.1. The summed E-state index contributed by atoms with van der Waals surface area (Å²) >= 11 is 6.60. The number of hydrogen-bond acceptors (Lipinski definition) is 5. The first kappa shape index (κ1) is 26.8. The minimum atomic E-state index is -0.173. The van der Waals surface area contributed by atoms with Gasteiger partial charge in [0.25, 0.3) is 0 Å². The minimum absolute atomic E-state index is 0.173. The molecule has 1 aromatic carbocycles. The van der Waals surface area contributed by atoms with Gasteiger partial charge in [0.1, 0.15) is 22.3 Å². The Labute approximate surface area is 195 Å². The van der Waals surface area contributed by atoms with Crippen LogP contribution in [0.15, 0.2) is 47.5 Å². The van der Waals surface area contributed by atoms with Gasteiger partial charge in [0, 0.05) is 18.0 Å². The van der Waals surface area contributed by atoms with Crippen molar-refractivity contribution in [3.63, 3.8) is 0 Å². The van der Waals surface area contributed by atoms with E-state index in [0.717, 1.165) is 29.5 Å². The van der Waals surface area contributed by atoms with Crippen LogP contribution in [0.2, 0.25) is 0 Å². The van der Waals surface area contributed by atoms with Crippen molar-refractivity contribution < 1.29 is 4.39 Å². The lowest BCUT2D eigenvalue weighted by Gasteiger charge is -2.16. The SMILES string of the molecule is CC.CCC.CSc1ccc(F)cc1.NC(=S)c1cnc2ccc(N3CCCC3)nn12. The van der Waals surface area contributed by atoms with Crippen molar-refractivity contribution in [3.05, 3.63) is 54.1 Å². The number of anilines is 1. The fourth-order valence-electron chi connectivity index (χ4n) is 2.72. The van der Waals surface area contributed by atoms with Crippen LogP contribution in [0, 0.1) is 5.82 Å². The third-order valence-corrected chi connectivity index (χ3v) is 5.03. The summed E-state index contributed by atoms with van der Waals surface area (Å²) < 4.78 is 13.9. The first-order valence-electron chi connectivity index (χ1n) is 10.7. The van der Waals surface area contributed by atoms with Gasteiger partial charge in [0.15, 0.2) is 5.65 Å². The molecule has 170 valence electrons. The molecule has 3 heterocycles. The first-order valence-corrected chi connectivity index (χ1v) is 12.3. The van der Waals surface area contributed by atoms with Gasteiger partial charge < -0.3 is 10.6 Å². The van der Waals surface area contributed by atoms with E-state index in [4.69, 9.17) is 18.0 Å². The molecule has 1 saturated heterocycles. The average molecular weight is 464 g/mol. The van der Waals surface area contributed by atoms with Crippen LogP contribution in [-0.4, -0.2) is 38.9 Å². The van der Waals surface area contributed by atoms with Gasteiger partial charge in [-0.2, -0.15) is 0 Å². The van der Waals surface area contributed by atoms with E-state index in [0.29, 0.717) is 10.7 Å². The van der Waals surface area contributed by atoms with E-state index in [-0.39, 0.29) is 5.82 Å². The Morgan fingerprint density at radius 2 is 1.68 bits per heavy atom. The predicted molar refractivity (Wildman–Crippen MR) is 136 cm³/mol. The number of nitrogens with zero attached hydrogens (tertiary/aromatic N) is 4. The molecule has 0 spiro atoms. The number of nitrogens with two attached hydrogens (primary N) is 1. The van der Waals surface area contributed by atoms with Crippen LogP contribution in [0.4, 0.5) is 10.2 Å². The van der Waals surface area contributed by atoms with Gasteiger partial charge in [-0.3, -0.25) is 0 Å². The van der Waals surface area contributed by atoms with Crippen LogP contribution in [-0.2, 0) is 0 Å². The predicted octanol–water partition coefficient (Wildman–Crippen LogP) is 5.95. The fraction of sp³-hybridized carbons (Fsp3) is 0.435. The van der Waals surface area contributed by atoms with Crippen LogP contribution in [0.5, 0.6) is 0 Å². The van der Waals surface area contributed by atoms with Crippen LogP contribution in [0.3, 0.4) is 0 Å². The molecule has 4 rings (SSSR count). The van der Waals surface area contributed by atoms with Crippen LogP contribution in [0.25, 0.3) is 5.65 Å². The zero-order valence-electron chi connectivity index (χ0n) is 19.1. The second-order valence-corrected chi connectivity index (χ2v) is 7.85. The highest BCUT2D eigenvalue weighted by molar-refractivity contribution is 7.98. The van der Waals surface area contributed by atoms with E-state index in [1.165, 1.54) is 31.4 Å². The Morgan fingerprint density at radius 1 is 1.10 bits per heavy atom. The van der Waals surface area contributed by atoms with Gasteiger partial charge in [-0.1, -0.05) is 46.3 Å². The lowest BCUT2D eigenvalue weighted by Crippen LogP contribution is -2.21. The summed E-state index contributed by atoms with van der Waals surface area (Å²) in [5, 5.41) is 4.55. The Balaban J connectivity index is 0.000000290. The molecule has 1 aliphatic heterocycles. The van der Waals surface area contributed by atoms with Crippen LogP contribution in [0.1, 0.15) is 52.7 Å². The van der Waals surface area contributed by atoms with Gasteiger partial charge in [0.05, 0.1) is 6.20 Å². The average Bonchev–Trinajstić information content (AvgIpc) is 3.46. The standard InChI is InChI=1S/C11H13N5S.C7H7FS.C3H8.C2H6/c12-11(17)8-7-13-9-3-4-10(14-16(8)9)15-5-1-2-6-15;1-9-7-4-2-6(8)3-5-7;1-3-2;1-2/h3-4,7H,1-2,5-6H2,(H2,12,17);2-5H,1H3;3H2,1-2H3;1-2H3. The molecule has 2 aromatic heterocycles. The lowest BCUT2D eigenvalue weighted by molar-refractivity contribution is 0.626. The summed E-state index contributed by atoms with van der Waals surface area (Å²) in [6, 6.07) is 10.4. The van der Waals surface area contributed by atoms with E-state index in [1.807, 2.05) is 32.2 Å². The maximum atomic E-state index is 12.2. The summed E-state index contributed by atoms with van der Waals surface area (Å²) in [4.78, 5) is 7.91. The Bertz CT molecular complexity index is 906. The lowest BCUT2D eigenvalue weighted by atomic mass is 10.4. The van der Waals surface area contributed by atoms with Gasteiger partial charge in [0.2, 0.25) is 0 Å². The van der Waals surface area contributed by atoms with Crippen molar-refractivity contribution in [1.29, 1.82) is 0 Å². The Kier molecular flexibility index (Phi) is 12.8. The molecule has 3 aromatic rings. The molecular weight excluding hydrogens is 429 g/mol. The number of thioether (sulfide) groups is 1. The molecule has 0 saturated carbocycles. The number of aromatic nitrogens is 3. The molecular formula is C23H34FN5S2. The number of thiocarbonyl (C=S) groups is 1. The van der Waals surface area contributed by atoms with Crippen molar-refractivity contribution in [1.82, 2.24) is 14.6 Å². The molecule has 5 nitrogen and oxygen atoms in total. The summed E-state index contributed by atoms with van der Waals surface area (Å²) in [5.41, 5.74) is 7.11. The smallest absolute Gasteiger partial charge is 0.154 e. The third kappa shape index (κ3) is 8.45. The second kappa shape index (κ2) is 14.8. The molecule has 1 fully saturated rings. The zero-order valence-corrected chi connectivity index (χ0v) is 20.8. The summed E-state index contributed by atoms with van der Waals surface area (Å²) in [7, 11) is 0. The van der Waals surface area contributed by atoms with Crippen molar-refractivity contribution in [3.8, 4) is 0 Å². The van der Waals surface area contributed by atoms with Crippen LogP contribution >= 0.6 is 24.0 Å². The molecule has 31 heavy (non-hydrogen) atoms. The Hall–Kier alpha value is -2.19. The zero-order chi connectivity index (χ0) is 23.2. The second-order valence-electron chi connectivity index (χ2n) is 6.53. The summed E-state index contributed by atoms with van der Waals surface area (Å²) in [6.07, 6.45) is 7.34. The van der Waals surface area contributed by atoms with E-state index >= 15 is 0 Å². The molecule has 0 unspecified atom stereocenters. The monoisotopic (exact) mass is 463 g/mol.